The predicted octanol–water partition coefficient (Wildman–Crippen LogP) is 5.22. The number of nitro benzene ring substituents is 1. The Hall–Kier alpha value is -1.29. The Morgan fingerprint density at radius 2 is 1.56 bits per heavy atom. The Morgan fingerprint density at radius 1 is 0.944 bits per heavy atom. The molecule has 0 spiro atoms. The lowest BCUT2D eigenvalue weighted by molar-refractivity contribution is -0.384. The lowest BCUT2D eigenvalue weighted by Gasteiger charge is -2.07. The van der Waals surface area contributed by atoms with Crippen LogP contribution < -0.4 is 0 Å². The van der Waals surface area contributed by atoms with Crippen molar-refractivity contribution in [2.75, 3.05) is 0 Å². The zero-order valence-corrected chi connectivity index (χ0v) is 11.1. The highest BCUT2D eigenvalue weighted by Crippen LogP contribution is 2.37. The topological polar surface area (TPSA) is 43.1 Å². The van der Waals surface area contributed by atoms with Crippen LogP contribution in [0.2, 0.25) is 15.1 Å². The molecule has 6 heteroatoms. The first-order valence-electron chi connectivity index (χ1n) is 4.89. The highest BCUT2D eigenvalue weighted by atomic mass is 35.5. The summed E-state index contributed by atoms with van der Waals surface area (Å²) in [5, 5.41) is 11.7. The van der Waals surface area contributed by atoms with Crippen LogP contribution in [0.5, 0.6) is 0 Å². The lowest BCUT2D eigenvalue weighted by atomic mass is 10.1. The van der Waals surface area contributed by atoms with Gasteiger partial charge in [0.15, 0.2) is 0 Å². The van der Waals surface area contributed by atoms with E-state index in [1.165, 1.54) is 12.1 Å². The van der Waals surface area contributed by atoms with Gasteiger partial charge >= 0.3 is 0 Å². The van der Waals surface area contributed by atoms with Gasteiger partial charge in [0.1, 0.15) is 5.02 Å². The van der Waals surface area contributed by atoms with Crippen molar-refractivity contribution >= 4 is 40.5 Å². The minimum Gasteiger partial charge on any atom is -0.258 e. The minimum absolute atomic E-state index is 0.0495. The van der Waals surface area contributed by atoms with Gasteiger partial charge in [0.05, 0.1) is 4.92 Å². The van der Waals surface area contributed by atoms with Gasteiger partial charge in [0.2, 0.25) is 0 Å². The van der Waals surface area contributed by atoms with Gasteiger partial charge < -0.3 is 0 Å². The van der Waals surface area contributed by atoms with Crippen molar-refractivity contribution in [3.8, 4) is 11.1 Å². The molecule has 0 fully saturated rings. The van der Waals surface area contributed by atoms with Crippen molar-refractivity contribution in [3.63, 3.8) is 0 Å². The van der Waals surface area contributed by atoms with Crippen molar-refractivity contribution in [2.24, 2.45) is 0 Å². The maximum absolute atomic E-state index is 10.7. The van der Waals surface area contributed by atoms with Crippen molar-refractivity contribution in [1.82, 2.24) is 0 Å². The molecular weight excluding hydrogens is 296 g/mol. The molecule has 0 heterocycles. The summed E-state index contributed by atoms with van der Waals surface area (Å²) in [4.78, 5) is 10.1. The van der Waals surface area contributed by atoms with Crippen molar-refractivity contribution in [2.45, 2.75) is 0 Å². The minimum atomic E-state index is -0.541. The lowest BCUT2D eigenvalue weighted by Crippen LogP contribution is -1.90. The molecule has 0 aliphatic carbocycles. The molecule has 0 bridgehead atoms. The van der Waals surface area contributed by atoms with E-state index < -0.39 is 4.92 Å². The Kier molecular flexibility index (Phi) is 3.76. The number of benzene rings is 2. The summed E-state index contributed by atoms with van der Waals surface area (Å²) in [5.74, 6) is 0. The van der Waals surface area contributed by atoms with Crippen LogP contribution in [0.15, 0.2) is 36.4 Å². The standard InChI is InChI=1S/C12H6Cl3NO2/c13-8-2-1-3-9(14)12(8)7-4-5-11(16(17)18)10(15)6-7/h1-6H. The van der Waals surface area contributed by atoms with Gasteiger partial charge in [-0.1, -0.05) is 40.9 Å². The summed E-state index contributed by atoms with van der Waals surface area (Å²) in [7, 11) is 0. The number of nitro groups is 1. The van der Waals surface area contributed by atoms with E-state index in [1.807, 2.05) is 0 Å². The molecule has 0 saturated heterocycles. The second-order valence-corrected chi connectivity index (χ2v) is 4.74. The molecule has 0 aliphatic rings. The molecule has 0 saturated carbocycles. The fourth-order valence-corrected chi connectivity index (χ4v) is 2.45. The molecule has 18 heavy (non-hydrogen) atoms. The van der Waals surface area contributed by atoms with Crippen LogP contribution >= 0.6 is 34.8 Å². The van der Waals surface area contributed by atoms with E-state index in [0.717, 1.165) is 0 Å². The van der Waals surface area contributed by atoms with E-state index in [9.17, 15) is 10.1 Å². The number of halogens is 3. The van der Waals surface area contributed by atoms with E-state index >= 15 is 0 Å². The molecule has 0 unspecified atom stereocenters. The monoisotopic (exact) mass is 301 g/mol. The molecule has 2 rings (SSSR count). The summed E-state index contributed by atoms with van der Waals surface area (Å²) in [6.45, 7) is 0. The van der Waals surface area contributed by atoms with Gasteiger partial charge in [-0.3, -0.25) is 10.1 Å². The van der Waals surface area contributed by atoms with E-state index in [1.54, 1.807) is 24.3 Å². The van der Waals surface area contributed by atoms with Gasteiger partial charge in [-0.25, -0.2) is 0 Å². The molecule has 2 aromatic rings. The predicted molar refractivity (Wildman–Crippen MR) is 73.6 cm³/mol. The van der Waals surface area contributed by atoms with Crippen molar-refractivity contribution in [1.29, 1.82) is 0 Å². The first-order chi connectivity index (χ1) is 8.50. The summed E-state index contributed by atoms with van der Waals surface area (Å²) < 4.78 is 0. The molecule has 2 aromatic carbocycles. The average molecular weight is 303 g/mol. The van der Waals surface area contributed by atoms with Crippen LogP contribution in [0.25, 0.3) is 11.1 Å². The Labute approximate surface area is 118 Å². The molecule has 0 amide bonds. The molecule has 92 valence electrons. The molecule has 0 aromatic heterocycles. The van der Waals surface area contributed by atoms with E-state index in [2.05, 4.69) is 0 Å². The van der Waals surface area contributed by atoms with Crippen LogP contribution in [0.1, 0.15) is 0 Å². The largest absolute Gasteiger partial charge is 0.287 e. The summed E-state index contributed by atoms with van der Waals surface area (Å²) in [6.07, 6.45) is 0. The molecule has 0 atom stereocenters. The zero-order valence-electron chi connectivity index (χ0n) is 8.86. The maximum atomic E-state index is 10.7. The second kappa shape index (κ2) is 5.14. The molecule has 0 radical (unpaired) electrons. The first kappa shape index (κ1) is 13.1. The third-order valence-electron chi connectivity index (χ3n) is 2.40. The number of rotatable bonds is 2. The third-order valence-corrected chi connectivity index (χ3v) is 3.33. The second-order valence-electron chi connectivity index (χ2n) is 3.52. The molecule has 0 N–H and O–H groups in total. The zero-order chi connectivity index (χ0) is 13.3. The fraction of sp³-hybridized carbons (Fsp3) is 0. The Morgan fingerprint density at radius 3 is 2.06 bits per heavy atom. The van der Waals surface area contributed by atoms with Gasteiger partial charge in [-0.15, -0.1) is 0 Å². The average Bonchev–Trinajstić information content (AvgIpc) is 2.28. The molecule has 3 nitrogen and oxygen atoms in total. The summed E-state index contributed by atoms with van der Waals surface area (Å²) >= 11 is 18.0. The Bertz CT molecular complexity index is 608. The number of nitrogens with zero attached hydrogens (tertiary/aromatic N) is 1. The normalized spacial score (nSPS) is 10.4. The highest BCUT2D eigenvalue weighted by molar-refractivity contribution is 6.39. The van der Waals surface area contributed by atoms with E-state index in [4.69, 9.17) is 34.8 Å². The third kappa shape index (κ3) is 2.43. The van der Waals surface area contributed by atoms with Crippen molar-refractivity contribution < 1.29 is 4.92 Å². The highest BCUT2D eigenvalue weighted by Gasteiger charge is 2.15. The van der Waals surface area contributed by atoms with Crippen LogP contribution in [0.4, 0.5) is 5.69 Å². The van der Waals surface area contributed by atoms with Crippen molar-refractivity contribution in [3.05, 3.63) is 61.6 Å². The summed E-state index contributed by atoms with van der Waals surface area (Å²) in [5.41, 5.74) is 1.10. The maximum Gasteiger partial charge on any atom is 0.287 e. The SMILES string of the molecule is O=[N+]([O-])c1ccc(-c2c(Cl)cccc2Cl)cc1Cl. The van der Waals surface area contributed by atoms with Gasteiger partial charge in [0, 0.05) is 21.7 Å². The van der Waals surface area contributed by atoms with Gasteiger partial charge in [0.25, 0.3) is 5.69 Å². The number of hydrogen-bond donors (Lipinski definition) is 0. The van der Waals surface area contributed by atoms with E-state index in [0.29, 0.717) is 21.2 Å². The smallest absolute Gasteiger partial charge is 0.258 e. The Balaban J connectivity index is 2.59. The first-order valence-corrected chi connectivity index (χ1v) is 6.02. The molecule has 0 aliphatic heterocycles. The number of hydrogen-bond acceptors (Lipinski definition) is 2. The van der Waals surface area contributed by atoms with Crippen LogP contribution in [0, 0.1) is 10.1 Å². The van der Waals surface area contributed by atoms with Gasteiger partial charge in [-0.05, 0) is 29.8 Å². The fourth-order valence-electron chi connectivity index (χ4n) is 1.58. The molecular formula is C12H6Cl3NO2. The van der Waals surface area contributed by atoms with Crippen LogP contribution in [0.3, 0.4) is 0 Å². The van der Waals surface area contributed by atoms with E-state index in [-0.39, 0.29) is 10.7 Å². The quantitative estimate of drug-likeness (QED) is 0.563. The summed E-state index contributed by atoms with van der Waals surface area (Å²) in [6, 6.07) is 9.48. The van der Waals surface area contributed by atoms with Crippen LogP contribution in [-0.4, -0.2) is 4.92 Å². The van der Waals surface area contributed by atoms with Crippen LogP contribution in [-0.2, 0) is 0 Å². The van der Waals surface area contributed by atoms with Gasteiger partial charge in [-0.2, -0.15) is 0 Å².